The fraction of sp³-hybridized carbons (Fsp3) is 0.111. The summed E-state index contributed by atoms with van der Waals surface area (Å²) in [5.41, 5.74) is 9.76. The van der Waals surface area contributed by atoms with Crippen LogP contribution in [0.2, 0.25) is 0 Å². The maximum Gasteiger partial charge on any atom is 0.0122 e. The van der Waals surface area contributed by atoms with Crippen LogP contribution < -0.4 is 0 Å². The summed E-state index contributed by atoms with van der Waals surface area (Å²) in [6.07, 6.45) is 0.616. The summed E-state index contributed by atoms with van der Waals surface area (Å²) in [7, 11) is 0. The number of hydrogen-bond acceptors (Lipinski definition) is 1. The van der Waals surface area contributed by atoms with Crippen LogP contribution in [0.1, 0.15) is 5.56 Å². The van der Waals surface area contributed by atoms with Crippen LogP contribution in [0.15, 0.2) is 47.7 Å². The molecule has 0 aliphatic rings. The maximum atomic E-state index is 8.11. The molecular formula is C9H9N3. The van der Waals surface area contributed by atoms with Gasteiger partial charge in [-0.25, -0.2) is 0 Å². The van der Waals surface area contributed by atoms with Crippen LogP contribution in [-0.2, 0) is 6.42 Å². The molecule has 1 aromatic rings. The largest absolute Gasteiger partial charge is 0.0932 e. The Kier molecular flexibility index (Phi) is 2.94. The summed E-state index contributed by atoms with van der Waals surface area (Å²) in [4.78, 5) is 2.66. The van der Waals surface area contributed by atoms with Crippen molar-refractivity contribution in [2.24, 2.45) is 5.11 Å². The predicted octanol–water partition coefficient (Wildman–Crippen LogP) is 3.05. The van der Waals surface area contributed by atoms with Gasteiger partial charge in [-0.3, -0.25) is 0 Å². The monoisotopic (exact) mass is 159 g/mol. The smallest absolute Gasteiger partial charge is 0.0122 e. The standard InChI is InChI=1S/C9H9N3/c1-8(11-12-10)7-9-5-3-2-4-6-9/h2-6H,1,7H2. The zero-order valence-corrected chi connectivity index (χ0v) is 6.64. The molecule has 0 N–H and O–H groups in total. The van der Waals surface area contributed by atoms with Crippen LogP contribution in [0, 0.1) is 0 Å². The van der Waals surface area contributed by atoms with E-state index in [0.29, 0.717) is 12.1 Å². The molecule has 0 radical (unpaired) electrons. The van der Waals surface area contributed by atoms with Gasteiger partial charge in [-0.05, 0) is 17.5 Å². The van der Waals surface area contributed by atoms with Gasteiger partial charge in [0.05, 0.1) is 0 Å². The van der Waals surface area contributed by atoms with E-state index < -0.39 is 0 Å². The van der Waals surface area contributed by atoms with Gasteiger partial charge in [0.15, 0.2) is 0 Å². The Balaban J connectivity index is 2.64. The quantitative estimate of drug-likeness (QED) is 0.369. The van der Waals surface area contributed by atoms with Gasteiger partial charge in [-0.15, -0.1) is 0 Å². The second-order valence-corrected chi connectivity index (χ2v) is 2.42. The predicted molar refractivity (Wildman–Crippen MR) is 48.4 cm³/mol. The topological polar surface area (TPSA) is 48.8 Å². The van der Waals surface area contributed by atoms with E-state index in [4.69, 9.17) is 5.53 Å². The van der Waals surface area contributed by atoms with Crippen LogP contribution in [0.3, 0.4) is 0 Å². The molecule has 12 heavy (non-hydrogen) atoms. The van der Waals surface area contributed by atoms with Crippen molar-refractivity contribution in [2.75, 3.05) is 0 Å². The van der Waals surface area contributed by atoms with E-state index in [1.165, 1.54) is 0 Å². The van der Waals surface area contributed by atoms with Crippen LogP contribution in [0.5, 0.6) is 0 Å². The van der Waals surface area contributed by atoms with Gasteiger partial charge in [-0.2, -0.15) is 0 Å². The molecule has 60 valence electrons. The highest BCUT2D eigenvalue weighted by Gasteiger charge is 1.92. The van der Waals surface area contributed by atoms with Gasteiger partial charge in [-0.1, -0.05) is 42.0 Å². The van der Waals surface area contributed by atoms with Crippen LogP contribution >= 0.6 is 0 Å². The first-order valence-corrected chi connectivity index (χ1v) is 3.59. The molecule has 0 saturated carbocycles. The van der Waals surface area contributed by atoms with Gasteiger partial charge >= 0.3 is 0 Å². The Morgan fingerprint density at radius 2 is 2.08 bits per heavy atom. The number of azide groups is 1. The third-order valence-corrected chi connectivity index (χ3v) is 1.44. The van der Waals surface area contributed by atoms with Gasteiger partial charge in [0.25, 0.3) is 0 Å². The van der Waals surface area contributed by atoms with Crippen molar-refractivity contribution in [1.29, 1.82) is 0 Å². The summed E-state index contributed by atoms with van der Waals surface area (Å²) in [6.45, 7) is 3.62. The molecule has 0 aliphatic carbocycles. The molecule has 0 saturated heterocycles. The van der Waals surface area contributed by atoms with E-state index in [-0.39, 0.29) is 0 Å². The second kappa shape index (κ2) is 4.21. The van der Waals surface area contributed by atoms with E-state index in [1.807, 2.05) is 30.3 Å². The zero-order valence-electron chi connectivity index (χ0n) is 6.64. The number of rotatable bonds is 3. The van der Waals surface area contributed by atoms with Crippen molar-refractivity contribution >= 4 is 0 Å². The van der Waals surface area contributed by atoms with Crippen molar-refractivity contribution < 1.29 is 0 Å². The molecular weight excluding hydrogens is 150 g/mol. The minimum atomic E-state index is 0.545. The molecule has 0 unspecified atom stereocenters. The number of nitrogens with zero attached hydrogens (tertiary/aromatic N) is 3. The van der Waals surface area contributed by atoms with Crippen LogP contribution in [0.4, 0.5) is 0 Å². The van der Waals surface area contributed by atoms with E-state index in [0.717, 1.165) is 5.56 Å². The van der Waals surface area contributed by atoms with Crippen molar-refractivity contribution in [1.82, 2.24) is 0 Å². The molecule has 3 heteroatoms. The highest BCUT2D eigenvalue weighted by molar-refractivity contribution is 5.19. The Labute approximate surface area is 71.0 Å². The van der Waals surface area contributed by atoms with Crippen molar-refractivity contribution in [3.8, 4) is 0 Å². The lowest BCUT2D eigenvalue weighted by atomic mass is 10.1. The van der Waals surface area contributed by atoms with Gasteiger partial charge in [0.2, 0.25) is 0 Å². The van der Waals surface area contributed by atoms with E-state index in [2.05, 4.69) is 16.6 Å². The molecule has 1 rings (SSSR count). The first kappa shape index (κ1) is 8.37. The minimum Gasteiger partial charge on any atom is -0.0932 e. The van der Waals surface area contributed by atoms with Crippen molar-refractivity contribution in [3.05, 3.63) is 58.6 Å². The van der Waals surface area contributed by atoms with E-state index in [1.54, 1.807) is 0 Å². The summed E-state index contributed by atoms with van der Waals surface area (Å²) in [5, 5.41) is 3.41. The lowest BCUT2D eigenvalue weighted by Crippen LogP contribution is -1.83. The molecule has 0 fully saturated rings. The summed E-state index contributed by atoms with van der Waals surface area (Å²) >= 11 is 0. The molecule has 0 heterocycles. The fourth-order valence-corrected chi connectivity index (χ4v) is 0.930. The molecule has 0 spiro atoms. The first-order valence-electron chi connectivity index (χ1n) is 3.59. The highest BCUT2D eigenvalue weighted by atomic mass is 15.1. The van der Waals surface area contributed by atoms with Crippen LogP contribution in [0.25, 0.3) is 10.4 Å². The molecule has 0 atom stereocenters. The molecule has 3 nitrogen and oxygen atoms in total. The Hall–Kier alpha value is -1.73. The third kappa shape index (κ3) is 2.48. The van der Waals surface area contributed by atoms with E-state index in [9.17, 15) is 0 Å². The third-order valence-electron chi connectivity index (χ3n) is 1.44. The first-order chi connectivity index (χ1) is 5.83. The summed E-state index contributed by atoms with van der Waals surface area (Å²) in [6, 6.07) is 9.77. The fourth-order valence-electron chi connectivity index (χ4n) is 0.930. The van der Waals surface area contributed by atoms with Gasteiger partial charge in [0, 0.05) is 10.6 Å². The lowest BCUT2D eigenvalue weighted by Gasteiger charge is -1.97. The van der Waals surface area contributed by atoms with Crippen molar-refractivity contribution in [2.45, 2.75) is 6.42 Å². The summed E-state index contributed by atoms with van der Waals surface area (Å²) < 4.78 is 0. The Morgan fingerprint density at radius 3 is 2.67 bits per heavy atom. The van der Waals surface area contributed by atoms with E-state index >= 15 is 0 Å². The average Bonchev–Trinajstić information content (AvgIpc) is 2.06. The molecule has 0 bridgehead atoms. The molecule has 1 aromatic carbocycles. The van der Waals surface area contributed by atoms with Gasteiger partial charge < -0.3 is 0 Å². The zero-order chi connectivity index (χ0) is 8.81. The SMILES string of the molecule is C=C(Cc1ccccc1)N=[N+]=[N-]. The lowest BCUT2D eigenvalue weighted by molar-refractivity contribution is 1.11. The summed E-state index contributed by atoms with van der Waals surface area (Å²) in [5.74, 6) is 0. The number of allylic oxidation sites excluding steroid dienone is 1. The normalized spacial score (nSPS) is 8.67. The molecule has 0 aromatic heterocycles. The van der Waals surface area contributed by atoms with Gasteiger partial charge in [0.1, 0.15) is 0 Å². The number of benzene rings is 1. The van der Waals surface area contributed by atoms with Crippen molar-refractivity contribution in [3.63, 3.8) is 0 Å². The molecule has 0 amide bonds. The average molecular weight is 159 g/mol. The Morgan fingerprint density at radius 1 is 1.42 bits per heavy atom. The Bertz CT molecular complexity index is 310. The highest BCUT2D eigenvalue weighted by Crippen LogP contribution is 2.06. The minimum absolute atomic E-state index is 0.545. The van der Waals surface area contributed by atoms with Crippen LogP contribution in [-0.4, -0.2) is 0 Å². The maximum absolute atomic E-state index is 8.11. The number of hydrogen-bond donors (Lipinski definition) is 0. The second-order valence-electron chi connectivity index (χ2n) is 2.42. The molecule has 0 aliphatic heterocycles.